The fraction of sp³-hybridized carbons (Fsp3) is 0.500. The minimum atomic E-state index is -4.73. The maximum Gasteiger partial charge on any atom is 0.573 e. The van der Waals surface area contributed by atoms with Crippen molar-refractivity contribution < 1.29 is 27.8 Å². The van der Waals surface area contributed by atoms with Gasteiger partial charge in [-0.05, 0) is 17.7 Å². The quantitative estimate of drug-likeness (QED) is 0.910. The molecule has 0 aromatic heterocycles. The third-order valence-electron chi connectivity index (χ3n) is 3.07. The number of aliphatic hydroxyl groups is 1. The number of rotatable bonds is 3. The number of methoxy groups -OCH3 is 1. The second kappa shape index (κ2) is 4.44. The first-order valence-electron chi connectivity index (χ1n) is 5.44. The fourth-order valence-electron chi connectivity index (χ4n) is 2.08. The standard InChI is InChI=1S/C12H13F3O3/c1-17-10-6-11(16,7-10)8-3-2-4-9(5-8)18-12(13,14)15/h2-5,10,16H,6-7H2,1H3. The predicted molar refractivity (Wildman–Crippen MR) is 57.1 cm³/mol. The van der Waals surface area contributed by atoms with Gasteiger partial charge in [0.2, 0.25) is 0 Å². The van der Waals surface area contributed by atoms with E-state index in [4.69, 9.17) is 4.74 Å². The lowest BCUT2D eigenvalue weighted by atomic mass is 9.73. The van der Waals surface area contributed by atoms with Crippen LogP contribution in [-0.4, -0.2) is 24.7 Å². The molecule has 0 heterocycles. The summed E-state index contributed by atoms with van der Waals surface area (Å²) >= 11 is 0. The van der Waals surface area contributed by atoms with Crippen molar-refractivity contribution in [1.29, 1.82) is 0 Å². The van der Waals surface area contributed by atoms with Crippen molar-refractivity contribution in [3.8, 4) is 5.75 Å². The molecule has 1 aromatic rings. The minimum Gasteiger partial charge on any atom is -0.406 e. The largest absolute Gasteiger partial charge is 0.573 e. The molecule has 0 aliphatic heterocycles. The molecule has 18 heavy (non-hydrogen) atoms. The first-order valence-corrected chi connectivity index (χ1v) is 5.44. The maximum absolute atomic E-state index is 12.1. The Hall–Kier alpha value is -1.27. The predicted octanol–water partition coefficient (Wildman–Crippen LogP) is 2.58. The molecule has 0 amide bonds. The number of halogens is 3. The first-order chi connectivity index (χ1) is 8.32. The van der Waals surface area contributed by atoms with Crippen molar-refractivity contribution in [2.45, 2.75) is 30.9 Å². The highest BCUT2D eigenvalue weighted by molar-refractivity contribution is 5.34. The lowest BCUT2D eigenvalue weighted by Gasteiger charge is -2.43. The van der Waals surface area contributed by atoms with Crippen molar-refractivity contribution >= 4 is 0 Å². The van der Waals surface area contributed by atoms with Gasteiger partial charge in [-0.2, -0.15) is 0 Å². The lowest BCUT2D eigenvalue weighted by molar-refractivity contribution is -0.274. The van der Waals surface area contributed by atoms with E-state index in [0.29, 0.717) is 18.4 Å². The lowest BCUT2D eigenvalue weighted by Crippen LogP contribution is -2.45. The van der Waals surface area contributed by atoms with Gasteiger partial charge in [0.05, 0.1) is 11.7 Å². The van der Waals surface area contributed by atoms with Crippen molar-refractivity contribution in [3.05, 3.63) is 29.8 Å². The van der Waals surface area contributed by atoms with Gasteiger partial charge in [-0.3, -0.25) is 0 Å². The fourth-order valence-corrected chi connectivity index (χ4v) is 2.08. The average molecular weight is 262 g/mol. The van der Waals surface area contributed by atoms with E-state index in [1.807, 2.05) is 0 Å². The SMILES string of the molecule is COC1CC(O)(c2cccc(OC(F)(F)F)c2)C1. The zero-order chi connectivity index (χ0) is 13.4. The number of ether oxygens (including phenoxy) is 2. The minimum absolute atomic E-state index is 0.0535. The van der Waals surface area contributed by atoms with Crippen LogP contribution >= 0.6 is 0 Å². The van der Waals surface area contributed by atoms with E-state index in [2.05, 4.69) is 4.74 Å². The van der Waals surface area contributed by atoms with Gasteiger partial charge < -0.3 is 14.6 Å². The summed E-state index contributed by atoms with van der Waals surface area (Å²) in [5.41, 5.74) is -0.705. The topological polar surface area (TPSA) is 38.7 Å². The zero-order valence-electron chi connectivity index (χ0n) is 9.70. The Morgan fingerprint density at radius 1 is 1.33 bits per heavy atom. The summed E-state index contributed by atoms with van der Waals surface area (Å²) in [5, 5.41) is 10.2. The van der Waals surface area contributed by atoms with Gasteiger partial charge in [0.15, 0.2) is 0 Å². The number of benzene rings is 1. The Balaban J connectivity index is 2.13. The molecule has 1 aromatic carbocycles. The molecule has 1 saturated carbocycles. The molecule has 1 fully saturated rings. The van der Waals surface area contributed by atoms with Crippen LogP contribution < -0.4 is 4.74 Å². The molecule has 1 aliphatic rings. The summed E-state index contributed by atoms with van der Waals surface area (Å²) in [6, 6.07) is 5.41. The molecule has 6 heteroatoms. The Bertz CT molecular complexity index is 425. The van der Waals surface area contributed by atoms with Crippen LogP contribution in [-0.2, 0) is 10.3 Å². The number of alkyl halides is 3. The van der Waals surface area contributed by atoms with E-state index < -0.39 is 12.0 Å². The van der Waals surface area contributed by atoms with E-state index in [0.717, 1.165) is 0 Å². The van der Waals surface area contributed by atoms with Crippen molar-refractivity contribution in [1.82, 2.24) is 0 Å². The smallest absolute Gasteiger partial charge is 0.406 e. The third-order valence-corrected chi connectivity index (χ3v) is 3.07. The van der Waals surface area contributed by atoms with Crippen molar-refractivity contribution in [2.24, 2.45) is 0 Å². The highest BCUT2D eigenvalue weighted by Gasteiger charge is 2.44. The van der Waals surface area contributed by atoms with Gasteiger partial charge in [0, 0.05) is 20.0 Å². The van der Waals surface area contributed by atoms with E-state index in [-0.39, 0.29) is 11.9 Å². The van der Waals surface area contributed by atoms with Crippen LogP contribution in [0.3, 0.4) is 0 Å². The van der Waals surface area contributed by atoms with E-state index in [1.54, 1.807) is 6.07 Å². The molecule has 0 unspecified atom stereocenters. The molecule has 100 valence electrons. The third kappa shape index (κ3) is 2.76. The Labute approximate surface area is 102 Å². The molecular formula is C12H13F3O3. The molecule has 2 rings (SSSR count). The average Bonchev–Trinajstić information content (AvgIpc) is 2.22. The van der Waals surface area contributed by atoms with Crippen LogP contribution in [0.15, 0.2) is 24.3 Å². The number of hydrogen-bond donors (Lipinski definition) is 1. The summed E-state index contributed by atoms with van der Waals surface area (Å²) in [6.07, 6.45) is -4.03. The molecule has 0 spiro atoms. The van der Waals surface area contributed by atoms with Gasteiger partial charge in [-0.25, -0.2) is 0 Å². The second-order valence-electron chi connectivity index (χ2n) is 4.37. The molecule has 0 radical (unpaired) electrons. The van der Waals surface area contributed by atoms with Crippen LogP contribution in [0, 0.1) is 0 Å². The van der Waals surface area contributed by atoms with Gasteiger partial charge in [-0.15, -0.1) is 13.2 Å². The van der Waals surface area contributed by atoms with Crippen LogP contribution in [0.25, 0.3) is 0 Å². The Kier molecular flexibility index (Phi) is 3.25. The van der Waals surface area contributed by atoms with E-state index in [9.17, 15) is 18.3 Å². The van der Waals surface area contributed by atoms with Gasteiger partial charge >= 0.3 is 6.36 Å². The van der Waals surface area contributed by atoms with Gasteiger partial charge in [0.1, 0.15) is 5.75 Å². The summed E-state index contributed by atoms with van der Waals surface area (Å²) in [7, 11) is 1.54. The summed E-state index contributed by atoms with van der Waals surface area (Å²) in [4.78, 5) is 0. The zero-order valence-corrected chi connectivity index (χ0v) is 9.70. The summed E-state index contributed by atoms with van der Waals surface area (Å²) < 4.78 is 45.1. The van der Waals surface area contributed by atoms with E-state index >= 15 is 0 Å². The summed E-state index contributed by atoms with van der Waals surface area (Å²) in [5.74, 6) is -0.325. The van der Waals surface area contributed by atoms with Crippen LogP contribution in [0.4, 0.5) is 13.2 Å². The molecule has 0 bridgehead atoms. The van der Waals surface area contributed by atoms with E-state index in [1.165, 1.54) is 25.3 Å². The molecule has 1 N–H and O–H groups in total. The first kappa shape index (κ1) is 13.2. The molecule has 0 saturated heterocycles. The van der Waals surface area contributed by atoms with Gasteiger partial charge in [-0.1, -0.05) is 12.1 Å². The van der Waals surface area contributed by atoms with Crippen molar-refractivity contribution in [3.63, 3.8) is 0 Å². The van der Waals surface area contributed by atoms with Crippen LogP contribution in [0.2, 0.25) is 0 Å². The number of hydrogen-bond acceptors (Lipinski definition) is 3. The Morgan fingerprint density at radius 2 is 2.00 bits per heavy atom. The molecule has 1 aliphatic carbocycles. The Morgan fingerprint density at radius 3 is 2.56 bits per heavy atom. The molecule has 3 nitrogen and oxygen atoms in total. The monoisotopic (exact) mass is 262 g/mol. The summed E-state index contributed by atoms with van der Waals surface area (Å²) in [6.45, 7) is 0. The normalized spacial score (nSPS) is 27.7. The van der Waals surface area contributed by atoms with Gasteiger partial charge in [0.25, 0.3) is 0 Å². The highest BCUT2D eigenvalue weighted by Crippen LogP contribution is 2.43. The second-order valence-corrected chi connectivity index (χ2v) is 4.37. The van der Waals surface area contributed by atoms with Crippen LogP contribution in [0.1, 0.15) is 18.4 Å². The van der Waals surface area contributed by atoms with Crippen molar-refractivity contribution in [2.75, 3.05) is 7.11 Å². The molecular weight excluding hydrogens is 249 g/mol. The maximum atomic E-state index is 12.1. The highest BCUT2D eigenvalue weighted by atomic mass is 19.4. The van der Waals surface area contributed by atoms with Crippen LogP contribution in [0.5, 0.6) is 5.75 Å². The molecule has 0 atom stereocenters.